The van der Waals surface area contributed by atoms with Crippen LogP contribution in [-0.2, 0) is 0 Å². The van der Waals surface area contributed by atoms with Gasteiger partial charge in [0.05, 0.1) is 0 Å². The van der Waals surface area contributed by atoms with Crippen molar-refractivity contribution >= 4 is 17.9 Å². The van der Waals surface area contributed by atoms with E-state index in [1.807, 2.05) is 27.7 Å². The van der Waals surface area contributed by atoms with Gasteiger partial charge < -0.3 is 20.9 Å². The minimum absolute atomic E-state index is 0.0412. The second-order valence-corrected chi connectivity index (χ2v) is 7.38. The number of urea groups is 1. The molecule has 0 saturated carbocycles. The van der Waals surface area contributed by atoms with Gasteiger partial charge >= 0.3 is 6.03 Å². The number of hydrogen-bond donors (Lipinski definition) is 3. The third-order valence-electron chi connectivity index (χ3n) is 3.91. The summed E-state index contributed by atoms with van der Waals surface area (Å²) in [4.78, 5) is 34.8. The Balaban J connectivity index is 1.88. The van der Waals surface area contributed by atoms with E-state index < -0.39 is 0 Å². The van der Waals surface area contributed by atoms with E-state index in [1.165, 1.54) is 0 Å². The van der Waals surface area contributed by atoms with Crippen molar-refractivity contribution in [3.8, 4) is 0 Å². The highest BCUT2D eigenvalue weighted by atomic mass is 16.2. The number of amides is 3. The van der Waals surface area contributed by atoms with Gasteiger partial charge in [-0.3, -0.25) is 4.79 Å². The predicted molar refractivity (Wildman–Crippen MR) is 96.7 cm³/mol. The Hall–Kier alpha value is -2.38. The lowest BCUT2D eigenvalue weighted by Crippen LogP contribution is -2.53. The monoisotopic (exact) mass is 348 g/mol. The van der Waals surface area contributed by atoms with E-state index in [-0.39, 0.29) is 23.5 Å². The molecule has 1 saturated heterocycles. The number of piperidine rings is 1. The number of likely N-dealkylation sites (tertiary alicyclic amines) is 1. The first-order chi connectivity index (χ1) is 11.7. The molecule has 0 aliphatic carbocycles. The van der Waals surface area contributed by atoms with Crippen LogP contribution in [0, 0.1) is 6.92 Å². The van der Waals surface area contributed by atoms with Crippen LogP contribution in [0.2, 0.25) is 0 Å². The molecule has 3 N–H and O–H groups in total. The van der Waals surface area contributed by atoms with E-state index in [4.69, 9.17) is 0 Å². The summed E-state index contributed by atoms with van der Waals surface area (Å²) in [5.41, 5.74) is 0.834. The van der Waals surface area contributed by atoms with E-state index in [0.29, 0.717) is 24.7 Å². The molecule has 2 heterocycles. The lowest BCUT2D eigenvalue weighted by Gasteiger charge is -2.34. The number of rotatable bonds is 3. The molecule has 0 atom stereocenters. The molecular formula is C17H28N6O2. The van der Waals surface area contributed by atoms with Crippen LogP contribution in [0.4, 0.5) is 10.7 Å². The largest absolute Gasteiger partial charge is 0.357 e. The lowest BCUT2D eigenvalue weighted by atomic mass is 10.0. The Morgan fingerprint density at radius 1 is 1.20 bits per heavy atom. The van der Waals surface area contributed by atoms with Gasteiger partial charge in [-0.05, 0) is 46.6 Å². The van der Waals surface area contributed by atoms with Crippen LogP contribution in [0.1, 0.15) is 49.8 Å². The maximum Gasteiger partial charge on any atom is 0.317 e. The Bertz CT molecular complexity index is 633. The molecular weight excluding hydrogens is 320 g/mol. The number of nitrogens with zero attached hydrogens (tertiary/aromatic N) is 3. The molecule has 0 bridgehead atoms. The van der Waals surface area contributed by atoms with Gasteiger partial charge in [-0.1, -0.05) is 0 Å². The van der Waals surface area contributed by atoms with Crippen LogP contribution in [-0.4, -0.2) is 58.5 Å². The first-order valence-electron chi connectivity index (χ1n) is 8.59. The molecule has 8 nitrogen and oxygen atoms in total. The molecule has 0 unspecified atom stereocenters. The first-order valence-corrected chi connectivity index (χ1v) is 8.59. The molecule has 0 aromatic carbocycles. The highest BCUT2D eigenvalue weighted by Crippen LogP contribution is 2.13. The zero-order valence-corrected chi connectivity index (χ0v) is 15.6. The average Bonchev–Trinajstić information content (AvgIpc) is 2.53. The molecule has 1 aromatic rings. The van der Waals surface area contributed by atoms with E-state index in [2.05, 4.69) is 25.9 Å². The van der Waals surface area contributed by atoms with Gasteiger partial charge in [-0.25, -0.2) is 14.8 Å². The zero-order valence-electron chi connectivity index (χ0n) is 15.6. The molecule has 2 rings (SSSR count). The fourth-order valence-electron chi connectivity index (χ4n) is 2.68. The number of anilines is 1. The Morgan fingerprint density at radius 3 is 2.40 bits per heavy atom. The van der Waals surface area contributed by atoms with E-state index in [0.717, 1.165) is 18.5 Å². The van der Waals surface area contributed by atoms with Gasteiger partial charge in [0.2, 0.25) is 5.95 Å². The van der Waals surface area contributed by atoms with Gasteiger partial charge in [-0.2, -0.15) is 0 Å². The molecule has 138 valence electrons. The lowest BCUT2D eigenvalue weighted by molar-refractivity contribution is 0.0912. The van der Waals surface area contributed by atoms with Crippen molar-refractivity contribution in [3.63, 3.8) is 0 Å². The number of aryl methyl sites for hydroxylation is 1. The minimum Gasteiger partial charge on any atom is -0.357 e. The highest BCUT2D eigenvalue weighted by molar-refractivity contribution is 5.92. The fraction of sp³-hybridized carbons (Fsp3) is 0.647. The highest BCUT2D eigenvalue weighted by Gasteiger charge is 2.26. The van der Waals surface area contributed by atoms with Gasteiger partial charge in [0.25, 0.3) is 5.91 Å². The number of aromatic nitrogens is 2. The van der Waals surface area contributed by atoms with Crippen molar-refractivity contribution in [2.75, 3.05) is 25.5 Å². The molecule has 0 spiro atoms. The molecule has 1 aromatic heterocycles. The fourth-order valence-corrected chi connectivity index (χ4v) is 2.68. The Kier molecular flexibility index (Phi) is 5.81. The maximum absolute atomic E-state index is 12.4. The molecule has 0 radical (unpaired) electrons. The minimum atomic E-state index is -0.252. The first kappa shape index (κ1) is 19.0. The van der Waals surface area contributed by atoms with Crippen molar-refractivity contribution in [1.82, 2.24) is 25.5 Å². The second kappa shape index (κ2) is 7.67. The summed E-state index contributed by atoms with van der Waals surface area (Å²) in [7, 11) is 1.72. The SMILES string of the molecule is CNc1nc(C)cc(C(=O)NC2CCN(C(=O)NC(C)(C)C)CC2)n1. The summed E-state index contributed by atoms with van der Waals surface area (Å²) in [6.45, 7) is 8.95. The number of hydrogen-bond acceptors (Lipinski definition) is 5. The zero-order chi connectivity index (χ0) is 18.6. The van der Waals surface area contributed by atoms with Crippen molar-refractivity contribution in [1.29, 1.82) is 0 Å². The second-order valence-electron chi connectivity index (χ2n) is 7.38. The molecule has 1 fully saturated rings. The topological polar surface area (TPSA) is 99.3 Å². The number of carbonyl (C=O) groups excluding carboxylic acids is 2. The van der Waals surface area contributed by atoms with E-state index >= 15 is 0 Å². The summed E-state index contributed by atoms with van der Waals surface area (Å²) < 4.78 is 0. The van der Waals surface area contributed by atoms with Gasteiger partial charge in [0.15, 0.2) is 0 Å². The normalized spacial score (nSPS) is 15.6. The van der Waals surface area contributed by atoms with E-state index in [9.17, 15) is 9.59 Å². The third kappa shape index (κ3) is 5.58. The van der Waals surface area contributed by atoms with Gasteiger partial charge in [0.1, 0.15) is 5.69 Å². The van der Waals surface area contributed by atoms with Gasteiger partial charge in [-0.15, -0.1) is 0 Å². The quantitative estimate of drug-likeness (QED) is 0.769. The van der Waals surface area contributed by atoms with Crippen LogP contribution >= 0.6 is 0 Å². The molecule has 1 aliphatic heterocycles. The van der Waals surface area contributed by atoms with Crippen molar-refractivity contribution in [3.05, 3.63) is 17.5 Å². The van der Waals surface area contributed by atoms with Crippen LogP contribution in [0.3, 0.4) is 0 Å². The Labute approximate surface area is 148 Å². The number of nitrogens with one attached hydrogen (secondary N) is 3. The van der Waals surface area contributed by atoms with E-state index in [1.54, 1.807) is 18.0 Å². The molecule has 25 heavy (non-hydrogen) atoms. The smallest absolute Gasteiger partial charge is 0.317 e. The van der Waals surface area contributed by atoms with Crippen LogP contribution in [0.5, 0.6) is 0 Å². The summed E-state index contributed by atoms with van der Waals surface area (Å²) in [6, 6.07) is 1.66. The summed E-state index contributed by atoms with van der Waals surface area (Å²) in [6.07, 6.45) is 1.46. The van der Waals surface area contributed by atoms with Crippen LogP contribution in [0.15, 0.2) is 6.07 Å². The van der Waals surface area contributed by atoms with Crippen LogP contribution in [0.25, 0.3) is 0 Å². The van der Waals surface area contributed by atoms with Crippen LogP contribution < -0.4 is 16.0 Å². The Morgan fingerprint density at radius 2 is 1.84 bits per heavy atom. The van der Waals surface area contributed by atoms with Crippen molar-refractivity contribution < 1.29 is 9.59 Å². The molecule has 1 aliphatic rings. The summed E-state index contributed by atoms with van der Waals surface area (Å²) in [5.74, 6) is 0.221. The van der Waals surface area contributed by atoms with Crippen molar-refractivity contribution in [2.24, 2.45) is 0 Å². The maximum atomic E-state index is 12.4. The third-order valence-corrected chi connectivity index (χ3v) is 3.91. The summed E-state index contributed by atoms with van der Waals surface area (Å²) in [5, 5.41) is 8.82. The molecule has 8 heteroatoms. The van der Waals surface area contributed by atoms with Crippen molar-refractivity contribution in [2.45, 2.75) is 52.1 Å². The summed E-state index contributed by atoms with van der Waals surface area (Å²) >= 11 is 0. The van der Waals surface area contributed by atoms with Gasteiger partial charge in [0, 0.05) is 37.4 Å². The predicted octanol–water partition coefficient (Wildman–Crippen LogP) is 1.53. The molecule has 3 amide bonds. The number of carbonyl (C=O) groups is 2. The standard InChI is InChI=1S/C17H28N6O2/c1-11-10-13(21-15(18-5)19-11)14(24)20-12-6-8-23(9-7-12)16(25)22-17(2,3)4/h10,12H,6-9H2,1-5H3,(H,20,24)(H,22,25)(H,18,19,21). The average molecular weight is 348 g/mol.